The Morgan fingerprint density at radius 2 is 2.11 bits per heavy atom. The van der Waals surface area contributed by atoms with Crippen LogP contribution in [0.15, 0.2) is 22.0 Å². The smallest absolute Gasteiger partial charge is 0.242 e. The Morgan fingerprint density at radius 1 is 1.36 bits per heavy atom. The van der Waals surface area contributed by atoms with Crippen molar-refractivity contribution in [2.45, 2.75) is 45.1 Å². The first-order chi connectivity index (χ1) is 13.0. The third-order valence-corrected chi connectivity index (χ3v) is 5.86. The minimum Gasteiger partial charge on any atom is -0.339 e. The number of halogens is 1. The number of piperazine rings is 1. The molecule has 1 aliphatic rings. The van der Waals surface area contributed by atoms with Gasteiger partial charge in [0.25, 0.3) is 0 Å². The summed E-state index contributed by atoms with van der Waals surface area (Å²) < 4.78 is 5.35. The van der Waals surface area contributed by atoms with Crippen molar-refractivity contribution in [2.24, 2.45) is 5.73 Å². The van der Waals surface area contributed by atoms with Gasteiger partial charge in [0.15, 0.2) is 0 Å². The van der Waals surface area contributed by atoms with Gasteiger partial charge in [-0.25, -0.2) is 0 Å². The van der Waals surface area contributed by atoms with E-state index < -0.39 is 5.54 Å². The third kappa shape index (κ3) is 5.76. The van der Waals surface area contributed by atoms with Crippen LogP contribution in [0.25, 0.3) is 10.7 Å². The van der Waals surface area contributed by atoms with Gasteiger partial charge in [-0.05, 0) is 37.8 Å². The molecule has 1 fully saturated rings. The molecule has 1 amide bonds. The SMILES string of the molecule is CCCC(C)(N)C(=O)N1CCN(CCCc2nc(-c3cccs3)no2)CC1.Cl. The van der Waals surface area contributed by atoms with E-state index in [1.54, 1.807) is 11.3 Å². The van der Waals surface area contributed by atoms with Gasteiger partial charge in [-0.3, -0.25) is 9.69 Å². The largest absolute Gasteiger partial charge is 0.339 e. The van der Waals surface area contributed by atoms with Crippen molar-refractivity contribution in [1.29, 1.82) is 0 Å². The second-order valence-corrected chi connectivity index (χ2v) is 8.34. The summed E-state index contributed by atoms with van der Waals surface area (Å²) in [6.45, 7) is 8.14. The molecule has 1 unspecified atom stereocenters. The van der Waals surface area contributed by atoms with Gasteiger partial charge in [0.05, 0.1) is 10.4 Å². The van der Waals surface area contributed by atoms with E-state index in [4.69, 9.17) is 10.3 Å². The first kappa shape index (κ1) is 22.8. The summed E-state index contributed by atoms with van der Waals surface area (Å²) in [7, 11) is 0. The highest BCUT2D eigenvalue weighted by molar-refractivity contribution is 7.13. The molecule has 0 radical (unpaired) electrons. The molecule has 9 heteroatoms. The summed E-state index contributed by atoms with van der Waals surface area (Å²) in [4.78, 5) is 22.4. The molecular weight excluding hydrogens is 398 g/mol. The van der Waals surface area contributed by atoms with E-state index >= 15 is 0 Å². The van der Waals surface area contributed by atoms with E-state index in [1.807, 2.05) is 29.3 Å². The molecular formula is C19H30ClN5O2S. The van der Waals surface area contributed by atoms with Crippen molar-refractivity contribution in [2.75, 3.05) is 32.7 Å². The average Bonchev–Trinajstić information content (AvgIpc) is 3.33. The summed E-state index contributed by atoms with van der Waals surface area (Å²) in [5.74, 6) is 1.44. The number of aromatic nitrogens is 2. The van der Waals surface area contributed by atoms with Crippen LogP contribution in [-0.2, 0) is 11.2 Å². The van der Waals surface area contributed by atoms with Crippen molar-refractivity contribution in [3.8, 4) is 10.7 Å². The highest BCUT2D eigenvalue weighted by atomic mass is 35.5. The topological polar surface area (TPSA) is 88.5 Å². The second-order valence-electron chi connectivity index (χ2n) is 7.39. The van der Waals surface area contributed by atoms with Gasteiger partial charge in [0, 0.05) is 32.6 Å². The van der Waals surface area contributed by atoms with Crippen LogP contribution in [0, 0.1) is 0 Å². The quantitative estimate of drug-likeness (QED) is 0.696. The van der Waals surface area contributed by atoms with Crippen LogP contribution in [-0.4, -0.2) is 64.1 Å². The number of nitrogens with two attached hydrogens (primary N) is 1. The van der Waals surface area contributed by atoms with E-state index in [0.29, 0.717) is 11.7 Å². The maximum absolute atomic E-state index is 12.6. The molecule has 156 valence electrons. The third-order valence-electron chi connectivity index (χ3n) is 4.99. The van der Waals surface area contributed by atoms with E-state index in [9.17, 15) is 4.79 Å². The first-order valence-corrected chi connectivity index (χ1v) is 10.5. The molecule has 2 aromatic rings. The van der Waals surface area contributed by atoms with Crippen LogP contribution in [0.3, 0.4) is 0 Å². The molecule has 1 atom stereocenters. The molecule has 2 N–H and O–H groups in total. The Bertz CT molecular complexity index is 727. The molecule has 0 saturated carbocycles. The number of carbonyl (C=O) groups excluding carboxylic acids is 1. The standard InChI is InChI=1S/C19H29N5O2S.ClH/c1-3-8-19(2,20)18(25)24-12-10-23(11-13-24)9-4-7-16-21-17(22-26-16)15-6-5-14-27-15;/h5-6,14H,3-4,7-13,20H2,1-2H3;1H. The Hall–Kier alpha value is -1.48. The lowest BCUT2D eigenvalue weighted by atomic mass is 9.95. The number of hydrogen-bond acceptors (Lipinski definition) is 7. The molecule has 3 heterocycles. The highest BCUT2D eigenvalue weighted by Gasteiger charge is 2.33. The van der Waals surface area contributed by atoms with Gasteiger partial charge in [0.1, 0.15) is 0 Å². The van der Waals surface area contributed by atoms with Gasteiger partial charge in [-0.2, -0.15) is 4.98 Å². The lowest BCUT2D eigenvalue weighted by Gasteiger charge is -2.38. The predicted octanol–water partition coefficient (Wildman–Crippen LogP) is 2.81. The minimum atomic E-state index is -0.741. The number of thiophene rings is 1. The number of amides is 1. The zero-order valence-corrected chi connectivity index (χ0v) is 18.2. The summed E-state index contributed by atoms with van der Waals surface area (Å²) in [6, 6.07) is 3.98. The molecule has 1 aliphatic heterocycles. The van der Waals surface area contributed by atoms with Crippen LogP contribution >= 0.6 is 23.7 Å². The van der Waals surface area contributed by atoms with E-state index in [2.05, 4.69) is 22.0 Å². The highest BCUT2D eigenvalue weighted by Crippen LogP contribution is 2.21. The predicted molar refractivity (Wildman–Crippen MR) is 114 cm³/mol. The zero-order valence-electron chi connectivity index (χ0n) is 16.6. The summed E-state index contributed by atoms with van der Waals surface area (Å²) in [5.41, 5.74) is 5.45. The fraction of sp³-hybridized carbons (Fsp3) is 0.632. The molecule has 28 heavy (non-hydrogen) atoms. The van der Waals surface area contributed by atoms with E-state index in [0.717, 1.165) is 63.3 Å². The second kappa shape index (κ2) is 10.3. The molecule has 3 rings (SSSR count). The fourth-order valence-corrected chi connectivity index (χ4v) is 4.13. The Morgan fingerprint density at radius 3 is 2.75 bits per heavy atom. The van der Waals surface area contributed by atoms with Gasteiger partial charge >= 0.3 is 0 Å². The maximum Gasteiger partial charge on any atom is 0.242 e. The van der Waals surface area contributed by atoms with Crippen molar-refractivity contribution >= 4 is 29.7 Å². The molecule has 2 aromatic heterocycles. The van der Waals surface area contributed by atoms with Crippen LogP contribution < -0.4 is 5.73 Å². The van der Waals surface area contributed by atoms with Crippen LogP contribution in [0.5, 0.6) is 0 Å². The van der Waals surface area contributed by atoms with Crippen molar-refractivity contribution in [1.82, 2.24) is 19.9 Å². The Kier molecular flexibility index (Phi) is 8.42. The number of aryl methyl sites for hydroxylation is 1. The molecule has 7 nitrogen and oxygen atoms in total. The number of hydrogen-bond donors (Lipinski definition) is 1. The van der Waals surface area contributed by atoms with Crippen molar-refractivity contribution in [3.05, 3.63) is 23.4 Å². The Balaban J connectivity index is 0.00000280. The number of carbonyl (C=O) groups is 1. The van der Waals surface area contributed by atoms with Gasteiger partial charge in [-0.1, -0.05) is 24.6 Å². The number of rotatable bonds is 8. The lowest BCUT2D eigenvalue weighted by molar-refractivity contribution is -0.138. The Labute approximate surface area is 176 Å². The number of nitrogens with zero attached hydrogens (tertiary/aromatic N) is 4. The zero-order chi connectivity index (χ0) is 19.3. The molecule has 0 aliphatic carbocycles. The van der Waals surface area contributed by atoms with E-state index in [1.165, 1.54) is 0 Å². The molecule has 0 aromatic carbocycles. The van der Waals surface area contributed by atoms with Crippen molar-refractivity contribution in [3.63, 3.8) is 0 Å². The first-order valence-electron chi connectivity index (χ1n) is 9.66. The fourth-order valence-electron chi connectivity index (χ4n) is 3.48. The van der Waals surface area contributed by atoms with Gasteiger partial charge in [0.2, 0.25) is 17.6 Å². The van der Waals surface area contributed by atoms with Crippen LogP contribution in [0.4, 0.5) is 0 Å². The minimum absolute atomic E-state index is 0. The molecule has 0 bridgehead atoms. The molecule has 1 saturated heterocycles. The van der Waals surface area contributed by atoms with Crippen molar-refractivity contribution < 1.29 is 9.32 Å². The normalized spacial score (nSPS) is 17.2. The average molecular weight is 428 g/mol. The van der Waals surface area contributed by atoms with Gasteiger partial charge in [-0.15, -0.1) is 23.7 Å². The maximum atomic E-state index is 12.6. The van der Waals surface area contributed by atoms with E-state index in [-0.39, 0.29) is 18.3 Å². The summed E-state index contributed by atoms with van der Waals surface area (Å²) in [5, 5.41) is 6.05. The van der Waals surface area contributed by atoms with Crippen LogP contribution in [0.2, 0.25) is 0 Å². The lowest BCUT2D eigenvalue weighted by Crippen LogP contribution is -2.58. The molecule has 0 spiro atoms. The van der Waals surface area contributed by atoms with Crippen LogP contribution in [0.1, 0.15) is 39.0 Å². The monoisotopic (exact) mass is 427 g/mol. The summed E-state index contributed by atoms with van der Waals surface area (Å²) in [6.07, 6.45) is 3.38. The summed E-state index contributed by atoms with van der Waals surface area (Å²) >= 11 is 1.61. The van der Waals surface area contributed by atoms with Gasteiger partial charge < -0.3 is 15.2 Å².